The summed E-state index contributed by atoms with van der Waals surface area (Å²) in [7, 11) is 0. The second-order valence-corrected chi connectivity index (χ2v) is 5.67. The van der Waals surface area contributed by atoms with Gasteiger partial charge in [0.15, 0.2) is 0 Å². The van der Waals surface area contributed by atoms with Crippen LogP contribution in [0.15, 0.2) is 24.3 Å². The summed E-state index contributed by atoms with van der Waals surface area (Å²) in [6, 6.07) is 7.68. The number of amides is 1. The summed E-state index contributed by atoms with van der Waals surface area (Å²) < 4.78 is 10.8. The Morgan fingerprint density at radius 1 is 1.24 bits per heavy atom. The first kappa shape index (κ1) is 19.3. The number of alkyl carbamates (subject to hydrolysis) is 1. The average molecular weight is 297 g/mol. The van der Waals surface area contributed by atoms with Crippen LogP contribution in [0, 0.1) is 6.92 Å². The Hall–Kier alpha value is -1.71. The van der Waals surface area contributed by atoms with Gasteiger partial charge in [-0.3, -0.25) is 0 Å². The third-order valence-electron chi connectivity index (χ3n) is 2.28. The molecule has 1 aromatic carbocycles. The molecule has 1 aromatic rings. The van der Waals surface area contributed by atoms with Gasteiger partial charge >= 0.3 is 6.09 Å². The van der Waals surface area contributed by atoms with Gasteiger partial charge < -0.3 is 14.8 Å². The summed E-state index contributed by atoms with van der Waals surface area (Å²) in [6.07, 6.45) is -0.424. The van der Waals surface area contributed by atoms with E-state index in [1.54, 1.807) is 0 Å². The Morgan fingerprint density at radius 2 is 1.76 bits per heavy atom. The Morgan fingerprint density at radius 3 is 2.24 bits per heavy atom. The summed E-state index contributed by atoms with van der Waals surface area (Å²) in [4.78, 5) is 11.5. The molecule has 1 amide bonds. The van der Waals surface area contributed by atoms with Crippen LogP contribution < -0.4 is 10.1 Å². The number of aryl methyl sites for hydroxylation is 1. The lowest BCUT2D eigenvalue weighted by molar-refractivity contribution is 0.0494. The molecule has 0 aliphatic rings. The predicted octanol–water partition coefficient (Wildman–Crippen LogP) is 4.56. The zero-order valence-electron chi connectivity index (χ0n) is 14.3. The number of ether oxygens (including phenoxy) is 2. The van der Waals surface area contributed by atoms with Crippen molar-refractivity contribution in [3.05, 3.63) is 29.8 Å². The monoisotopic (exact) mass is 297 g/mol. The molecule has 0 saturated carbocycles. The van der Waals surface area contributed by atoms with E-state index in [0.717, 1.165) is 5.75 Å². The molecule has 4 heteroatoms. The second kappa shape index (κ2) is 9.27. The molecule has 1 N–H and O–H groups in total. The van der Waals surface area contributed by atoms with Crippen LogP contribution in [0.4, 0.5) is 4.79 Å². The van der Waals surface area contributed by atoms with Crippen LogP contribution in [0.2, 0.25) is 0 Å². The van der Waals surface area contributed by atoms with Gasteiger partial charge in [0.2, 0.25) is 0 Å². The van der Waals surface area contributed by atoms with E-state index in [-0.39, 0.29) is 7.47 Å². The molecule has 4 nitrogen and oxygen atoms in total. The molecular weight excluding hydrogens is 266 g/mol. The molecule has 0 heterocycles. The summed E-state index contributed by atoms with van der Waals surface area (Å²) in [5.41, 5.74) is 0.703. The number of carbonyl (C=O) groups excluding carboxylic acids is 1. The van der Waals surface area contributed by atoms with Crippen molar-refractivity contribution in [1.82, 2.24) is 5.32 Å². The van der Waals surface area contributed by atoms with Crippen LogP contribution in [0.25, 0.3) is 0 Å². The largest absolute Gasteiger partial charge is 0.491 e. The summed E-state index contributed by atoms with van der Waals surface area (Å²) in [5.74, 6) is 0.795. The quantitative estimate of drug-likeness (QED) is 0.886. The van der Waals surface area contributed by atoms with Crippen molar-refractivity contribution in [3.8, 4) is 5.75 Å². The van der Waals surface area contributed by atoms with Crippen molar-refractivity contribution in [1.29, 1.82) is 0 Å². The minimum Gasteiger partial charge on any atom is -0.491 e. The molecule has 0 saturated heterocycles. The SMILES string of the molecule is CC.Cc1ccc(OC[C@H](C)NC(=O)OC(C)(C)C)cc1.[HH]. The van der Waals surface area contributed by atoms with E-state index in [1.165, 1.54) is 5.56 Å². The van der Waals surface area contributed by atoms with E-state index in [4.69, 9.17) is 9.47 Å². The number of carbonyl (C=O) groups is 1. The van der Waals surface area contributed by atoms with Gasteiger partial charge in [-0.25, -0.2) is 4.79 Å². The lowest BCUT2D eigenvalue weighted by Crippen LogP contribution is -2.40. The van der Waals surface area contributed by atoms with Crippen LogP contribution in [-0.4, -0.2) is 24.3 Å². The number of hydrogen-bond donors (Lipinski definition) is 1. The van der Waals surface area contributed by atoms with Crippen LogP contribution in [0.1, 0.15) is 48.5 Å². The van der Waals surface area contributed by atoms with Gasteiger partial charge in [0, 0.05) is 1.43 Å². The summed E-state index contributed by atoms with van der Waals surface area (Å²) in [6.45, 7) is 13.8. The number of rotatable bonds is 4. The normalized spacial score (nSPS) is 11.8. The molecule has 0 aliphatic carbocycles. The third kappa shape index (κ3) is 9.77. The first-order chi connectivity index (χ1) is 9.76. The predicted molar refractivity (Wildman–Crippen MR) is 89.0 cm³/mol. The van der Waals surface area contributed by atoms with E-state index in [0.29, 0.717) is 6.61 Å². The fourth-order valence-corrected chi connectivity index (χ4v) is 1.41. The molecular formula is C17H31NO3. The first-order valence-corrected chi connectivity index (χ1v) is 7.45. The maximum atomic E-state index is 11.5. The lowest BCUT2D eigenvalue weighted by atomic mass is 10.2. The average Bonchev–Trinajstić information content (AvgIpc) is 2.38. The minimum absolute atomic E-state index is 0. The van der Waals surface area contributed by atoms with Gasteiger partial charge in [-0.2, -0.15) is 0 Å². The molecule has 0 bridgehead atoms. The Kier molecular flexibility index (Phi) is 8.51. The van der Waals surface area contributed by atoms with Gasteiger partial charge in [0.05, 0.1) is 6.04 Å². The minimum atomic E-state index is -0.485. The van der Waals surface area contributed by atoms with Gasteiger partial charge in [-0.1, -0.05) is 31.5 Å². The molecule has 0 aliphatic heterocycles. The molecule has 0 radical (unpaired) electrons. The lowest BCUT2D eigenvalue weighted by Gasteiger charge is -2.22. The van der Waals surface area contributed by atoms with Gasteiger partial charge in [-0.05, 0) is 46.8 Å². The Labute approximate surface area is 130 Å². The van der Waals surface area contributed by atoms with Crippen molar-refractivity contribution >= 4 is 6.09 Å². The third-order valence-corrected chi connectivity index (χ3v) is 2.28. The highest BCUT2D eigenvalue weighted by Gasteiger charge is 2.17. The number of nitrogens with one attached hydrogen (secondary N) is 1. The van der Waals surface area contributed by atoms with E-state index in [2.05, 4.69) is 5.32 Å². The van der Waals surface area contributed by atoms with Crippen molar-refractivity contribution in [2.45, 2.75) is 60.1 Å². The van der Waals surface area contributed by atoms with Crippen molar-refractivity contribution in [3.63, 3.8) is 0 Å². The van der Waals surface area contributed by atoms with E-state index >= 15 is 0 Å². The smallest absolute Gasteiger partial charge is 0.407 e. The number of benzene rings is 1. The van der Waals surface area contributed by atoms with Crippen LogP contribution >= 0.6 is 0 Å². The highest BCUT2D eigenvalue weighted by molar-refractivity contribution is 5.68. The van der Waals surface area contributed by atoms with Gasteiger partial charge in [-0.15, -0.1) is 0 Å². The van der Waals surface area contributed by atoms with Crippen molar-refractivity contribution in [2.75, 3.05) is 6.61 Å². The fourth-order valence-electron chi connectivity index (χ4n) is 1.41. The molecule has 21 heavy (non-hydrogen) atoms. The van der Waals surface area contributed by atoms with E-state index in [9.17, 15) is 4.79 Å². The highest BCUT2D eigenvalue weighted by atomic mass is 16.6. The maximum absolute atomic E-state index is 11.5. The molecule has 122 valence electrons. The van der Waals surface area contributed by atoms with Crippen LogP contribution in [-0.2, 0) is 4.74 Å². The Balaban J connectivity index is 0. The standard InChI is InChI=1S/C15H23NO3.C2H6.H2/c1-11-6-8-13(9-7-11)18-10-12(2)16-14(17)19-15(3,4)5;1-2;/h6-9,12H,10H2,1-5H3,(H,16,17);1-2H3;1H/t12-;;/m0../s1. The topological polar surface area (TPSA) is 47.6 Å². The second-order valence-electron chi connectivity index (χ2n) is 5.67. The van der Waals surface area contributed by atoms with E-state index < -0.39 is 11.7 Å². The van der Waals surface area contributed by atoms with Crippen molar-refractivity contribution in [2.24, 2.45) is 0 Å². The van der Waals surface area contributed by atoms with Gasteiger partial charge in [0.1, 0.15) is 18.0 Å². The first-order valence-electron chi connectivity index (χ1n) is 7.45. The van der Waals surface area contributed by atoms with Crippen molar-refractivity contribution < 1.29 is 15.7 Å². The van der Waals surface area contributed by atoms with Gasteiger partial charge in [0.25, 0.3) is 0 Å². The van der Waals surface area contributed by atoms with E-state index in [1.807, 2.05) is 72.7 Å². The summed E-state index contributed by atoms with van der Waals surface area (Å²) >= 11 is 0. The molecule has 0 aromatic heterocycles. The van der Waals surface area contributed by atoms with Crippen LogP contribution in [0.3, 0.4) is 0 Å². The molecule has 1 atom stereocenters. The zero-order valence-corrected chi connectivity index (χ0v) is 14.3. The fraction of sp³-hybridized carbons (Fsp3) is 0.588. The molecule has 1 rings (SSSR count). The number of hydrogen-bond acceptors (Lipinski definition) is 3. The highest BCUT2D eigenvalue weighted by Crippen LogP contribution is 2.11. The molecule has 0 spiro atoms. The molecule has 0 fully saturated rings. The maximum Gasteiger partial charge on any atom is 0.407 e. The summed E-state index contributed by atoms with van der Waals surface area (Å²) in [5, 5.41) is 2.73. The van der Waals surface area contributed by atoms with Crippen LogP contribution in [0.5, 0.6) is 5.75 Å². The Bertz CT molecular complexity index is 413. The molecule has 0 unspecified atom stereocenters. The zero-order chi connectivity index (χ0) is 16.5.